The molecule has 7 heteroatoms. The zero-order chi connectivity index (χ0) is 17.2. The summed E-state index contributed by atoms with van der Waals surface area (Å²) in [6.07, 6.45) is 6.28. The van der Waals surface area contributed by atoms with Gasteiger partial charge < -0.3 is 10.2 Å². The number of benzene rings is 1. The minimum absolute atomic E-state index is 0. The topological polar surface area (TPSA) is 45.5 Å². The van der Waals surface area contributed by atoms with E-state index in [0.29, 0.717) is 0 Å². The molecule has 1 aliphatic carbocycles. The molecule has 25 heavy (non-hydrogen) atoms. The van der Waals surface area contributed by atoms with Crippen molar-refractivity contribution in [1.82, 2.24) is 20.0 Å². The summed E-state index contributed by atoms with van der Waals surface area (Å²) in [5.41, 5.74) is 2.67. The molecule has 1 heterocycles. The van der Waals surface area contributed by atoms with E-state index in [1.165, 1.54) is 24.0 Å². The summed E-state index contributed by atoms with van der Waals surface area (Å²) < 4.78 is 1.82. The van der Waals surface area contributed by atoms with Crippen molar-refractivity contribution in [2.24, 2.45) is 12.0 Å². The first kappa shape index (κ1) is 20.0. The van der Waals surface area contributed by atoms with Crippen LogP contribution in [0, 0.1) is 0 Å². The number of guanidine groups is 1. The number of halogens is 2. The molecule has 0 unspecified atom stereocenters. The second kappa shape index (κ2) is 8.40. The molecule has 0 amide bonds. The van der Waals surface area contributed by atoms with E-state index >= 15 is 0 Å². The molecular weight excluding hydrogens is 449 g/mol. The molecule has 0 saturated heterocycles. The van der Waals surface area contributed by atoms with Crippen molar-refractivity contribution in [1.29, 1.82) is 0 Å². The molecule has 1 aromatic carbocycles. The van der Waals surface area contributed by atoms with Gasteiger partial charge in [-0.3, -0.25) is 9.67 Å². The van der Waals surface area contributed by atoms with E-state index in [1.54, 1.807) is 0 Å². The van der Waals surface area contributed by atoms with E-state index in [9.17, 15) is 0 Å². The lowest BCUT2D eigenvalue weighted by atomic mass is 9.96. The molecule has 5 nitrogen and oxygen atoms in total. The fourth-order valence-electron chi connectivity index (χ4n) is 3.07. The molecule has 0 bridgehead atoms. The van der Waals surface area contributed by atoms with Gasteiger partial charge in [0.05, 0.1) is 6.20 Å². The summed E-state index contributed by atoms with van der Waals surface area (Å²) in [6, 6.07) is 8.21. The Morgan fingerprint density at radius 2 is 2.20 bits per heavy atom. The minimum Gasteiger partial charge on any atom is -0.355 e. The van der Waals surface area contributed by atoms with Gasteiger partial charge in [-0.15, -0.1) is 24.0 Å². The van der Waals surface area contributed by atoms with Crippen molar-refractivity contribution in [2.45, 2.75) is 24.8 Å². The van der Waals surface area contributed by atoms with E-state index in [-0.39, 0.29) is 29.4 Å². The van der Waals surface area contributed by atoms with Crippen molar-refractivity contribution < 1.29 is 0 Å². The van der Waals surface area contributed by atoms with Crippen molar-refractivity contribution in [2.75, 3.05) is 20.6 Å². The molecule has 1 aliphatic rings. The van der Waals surface area contributed by atoms with E-state index in [2.05, 4.69) is 32.4 Å². The van der Waals surface area contributed by atoms with Gasteiger partial charge in [-0.1, -0.05) is 23.7 Å². The van der Waals surface area contributed by atoms with Crippen LogP contribution in [0.1, 0.15) is 24.0 Å². The zero-order valence-corrected chi connectivity index (χ0v) is 18.0. The van der Waals surface area contributed by atoms with Crippen LogP contribution in [0.3, 0.4) is 0 Å². The molecule has 3 rings (SSSR count). The number of nitrogens with one attached hydrogen (secondary N) is 1. The summed E-state index contributed by atoms with van der Waals surface area (Å²) in [5, 5.41) is 8.54. The van der Waals surface area contributed by atoms with Gasteiger partial charge in [-0.25, -0.2) is 0 Å². The van der Waals surface area contributed by atoms with Gasteiger partial charge in [0, 0.05) is 56.4 Å². The van der Waals surface area contributed by atoms with Crippen LogP contribution in [0.2, 0.25) is 5.02 Å². The Labute approximate surface area is 171 Å². The lowest BCUT2D eigenvalue weighted by Crippen LogP contribution is -2.42. The highest BCUT2D eigenvalue weighted by molar-refractivity contribution is 14.0. The molecule has 0 radical (unpaired) electrons. The standard InChI is InChI=1S/C18H24ClN5.HI/c1-20-17(23(2)11-14-10-22-24(3)12-14)21-13-18(7-8-18)15-5-4-6-16(19)9-15;/h4-6,9-10,12H,7-8,11,13H2,1-3H3,(H,20,21);1H. The summed E-state index contributed by atoms with van der Waals surface area (Å²) >= 11 is 6.15. The van der Waals surface area contributed by atoms with E-state index in [4.69, 9.17) is 11.6 Å². The Morgan fingerprint density at radius 1 is 1.44 bits per heavy atom. The van der Waals surface area contributed by atoms with Crippen LogP contribution in [0.15, 0.2) is 41.7 Å². The first-order chi connectivity index (χ1) is 11.5. The zero-order valence-electron chi connectivity index (χ0n) is 14.9. The first-order valence-electron chi connectivity index (χ1n) is 8.18. The van der Waals surface area contributed by atoms with Gasteiger partial charge in [0.15, 0.2) is 5.96 Å². The predicted octanol–water partition coefficient (Wildman–Crippen LogP) is 3.43. The van der Waals surface area contributed by atoms with E-state index in [1.807, 2.05) is 50.4 Å². The number of hydrogen-bond donors (Lipinski definition) is 1. The molecule has 0 atom stereocenters. The number of aliphatic imine (C=N–C) groups is 1. The highest BCUT2D eigenvalue weighted by Gasteiger charge is 2.44. The Morgan fingerprint density at radius 3 is 2.76 bits per heavy atom. The van der Waals surface area contributed by atoms with Crippen LogP contribution in [-0.4, -0.2) is 41.3 Å². The van der Waals surface area contributed by atoms with Gasteiger partial charge in [0.25, 0.3) is 0 Å². The lowest BCUT2D eigenvalue weighted by Gasteiger charge is -2.24. The number of hydrogen-bond acceptors (Lipinski definition) is 2. The maximum atomic E-state index is 6.15. The van der Waals surface area contributed by atoms with Gasteiger partial charge >= 0.3 is 0 Å². The number of aryl methyl sites for hydroxylation is 1. The Kier molecular flexibility index (Phi) is 6.73. The molecule has 0 aliphatic heterocycles. The van der Waals surface area contributed by atoms with Crippen LogP contribution < -0.4 is 5.32 Å². The fraction of sp³-hybridized carbons (Fsp3) is 0.444. The third kappa shape index (κ3) is 4.88. The predicted molar refractivity (Wildman–Crippen MR) is 114 cm³/mol. The molecule has 0 spiro atoms. The third-order valence-electron chi connectivity index (χ3n) is 4.63. The quantitative estimate of drug-likeness (QED) is 0.411. The Balaban J connectivity index is 0.00000225. The lowest BCUT2D eigenvalue weighted by molar-refractivity contribution is 0.470. The summed E-state index contributed by atoms with van der Waals surface area (Å²) in [7, 11) is 5.79. The van der Waals surface area contributed by atoms with Crippen molar-refractivity contribution in [3.8, 4) is 0 Å². The van der Waals surface area contributed by atoms with E-state index < -0.39 is 0 Å². The van der Waals surface area contributed by atoms with E-state index in [0.717, 1.165) is 24.1 Å². The molecule has 1 fully saturated rings. The highest BCUT2D eigenvalue weighted by Crippen LogP contribution is 2.48. The molecule has 1 aromatic heterocycles. The average Bonchev–Trinajstić information content (AvgIpc) is 3.24. The van der Waals surface area contributed by atoms with Crippen LogP contribution in [0.4, 0.5) is 0 Å². The van der Waals surface area contributed by atoms with Crippen LogP contribution >= 0.6 is 35.6 Å². The number of rotatable bonds is 5. The van der Waals surface area contributed by atoms with Crippen LogP contribution in [0.5, 0.6) is 0 Å². The summed E-state index contributed by atoms with van der Waals surface area (Å²) in [6.45, 7) is 1.65. The fourth-order valence-corrected chi connectivity index (χ4v) is 3.26. The van der Waals surface area contributed by atoms with Crippen molar-refractivity contribution in [3.05, 3.63) is 52.8 Å². The summed E-state index contributed by atoms with van der Waals surface area (Å²) in [4.78, 5) is 6.53. The van der Waals surface area contributed by atoms with Crippen LogP contribution in [-0.2, 0) is 19.0 Å². The van der Waals surface area contributed by atoms with Crippen LogP contribution in [0.25, 0.3) is 0 Å². The maximum Gasteiger partial charge on any atom is 0.193 e. The first-order valence-corrected chi connectivity index (χ1v) is 8.55. The van der Waals surface area contributed by atoms with Crippen molar-refractivity contribution >= 4 is 41.5 Å². The van der Waals surface area contributed by atoms with Gasteiger partial charge in [0.1, 0.15) is 0 Å². The van der Waals surface area contributed by atoms with Gasteiger partial charge in [0.2, 0.25) is 0 Å². The van der Waals surface area contributed by atoms with Gasteiger partial charge in [-0.2, -0.15) is 5.10 Å². The van der Waals surface area contributed by atoms with Crippen molar-refractivity contribution in [3.63, 3.8) is 0 Å². The second-order valence-electron chi connectivity index (χ2n) is 6.57. The monoisotopic (exact) mass is 473 g/mol. The molecule has 136 valence electrons. The smallest absolute Gasteiger partial charge is 0.193 e. The maximum absolute atomic E-state index is 6.15. The normalized spacial score (nSPS) is 15.4. The summed E-state index contributed by atoms with van der Waals surface area (Å²) in [5.74, 6) is 0.896. The number of aromatic nitrogens is 2. The molecular formula is C18H25ClIN5. The largest absolute Gasteiger partial charge is 0.355 e. The third-order valence-corrected chi connectivity index (χ3v) is 4.86. The second-order valence-corrected chi connectivity index (χ2v) is 7.01. The molecule has 1 saturated carbocycles. The Bertz CT molecular complexity index is 739. The molecule has 1 N–H and O–H groups in total. The minimum atomic E-state index is 0. The average molecular weight is 474 g/mol. The van der Waals surface area contributed by atoms with Gasteiger partial charge in [-0.05, 0) is 30.5 Å². The SMILES string of the molecule is CN=C(NCC1(c2cccc(Cl)c2)CC1)N(C)Cc1cnn(C)c1.I. The Hall–Kier alpha value is -1.28. The highest BCUT2D eigenvalue weighted by atomic mass is 127. The number of nitrogens with zero attached hydrogens (tertiary/aromatic N) is 4. The molecule has 2 aromatic rings.